The Morgan fingerprint density at radius 3 is 2.67 bits per heavy atom. The van der Waals surface area contributed by atoms with Gasteiger partial charge in [0.25, 0.3) is 0 Å². The second-order valence-corrected chi connectivity index (χ2v) is 5.32. The van der Waals surface area contributed by atoms with Gasteiger partial charge in [0.1, 0.15) is 11.3 Å². The van der Waals surface area contributed by atoms with Crippen LogP contribution in [0, 0.1) is 5.92 Å². The van der Waals surface area contributed by atoms with E-state index < -0.39 is 0 Å². The van der Waals surface area contributed by atoms with Crippen molar-refractivity contribution >= 4 is 11.0 Å². The molecule has 0 saturated heterocycles. The first-order valence-electron chi connectivity index (χ1n) is 6.83. The maximum absolute atomic E-state index is 5.98. The van der Waals surface area contributed by atoms with Crippen LogP contribution in [-0.2, 0) is 19.4 Å². The van der Waals surface area contributed by atoms with Gasteiger partial charge in [0, 0.05) is 10.9 Å². The van der Waals surface area contributed by atoms with E-state index in [0.717, 1.165) is 30.7 Å². The molecule has 2 nitrogen and oxygen atoms in total. The molecule has 0 radical (unpaired) electrons. The lowest BCUT2D eigenvalue weighted by molar-refractivity contribution is 0.516. The van der Waals surface area contributed by atoms with Crippen molar-refractivity contribution in [3.05, 3.63) is 35.1 Å². The molecule has 18 heavy (non-hydrogen) atoms. The van der Waals surface area contributed by atoms with Gasteiger partial charge in [-0.1, -0.05) is 26.8 Å². The highest BCUT2D eigenvalue weighted by molar-refractivity contribution is 5.83. The lowest BCUT2D eigenvalue weighted by Gasteiger charge is -2.06. The van der Waals surface area contributed by atoms with E-state index in [1.54, 1.807) is 0 Å². The Morgan fingerprint density at radius 2 is 2.06 bits per heavy atom. The molecule has 1 aromatic heterocycles. The number of rotatable bonds is 5. The lowest BCUT2D eigenvalue weighted by Crippen LogP contribution is -2.07. The van der Waals surface area contributed by atoms with Gasteiger partial charge in [0.15, 0.2) is 0 Å². The number of hydrogen-bond donors (Lipinski definition) is 1. The Labute approximate surface area is 109 Å². The molecule has 2 heteroatoms. The van der Waals surface area contributed by atoms with E-state index in [9.17, 15) is 0 Å². The zero-order valence-electron chi connectivity index (χ0n) is 11.8. The zero-order chi connectivity index (χ0) is 13.1. The van der Waals surface area contributed by atoms with Crippen molar-refractivity contribution in [3.63, 3.8) is 0 Å². The molecule has 0 atom stereocenters. The fourth-order valence-corrected chi connectivity index (χ4v) is 2.40. The SMILES string of the molecule is CCc1ccc2oc(CNC)c(CC(C)C)c2c1. The van der Waals surface area contributed by atoms with E-state index >= 15 is 0 Å². The quantitative estimate of drug-likeness (QED) is 0.864. The summed E-state index contributed by atoms with van der Waals surface area (Å²) in [6.07, 6.45) is 2.15. The molecule has 1 N–H and O–H groups in total. The minimum atomic E-state index is 0.645. The summed E-state index contributed by atoms with van der Waals surface area (Å²) in [6, 6.07) is 6.56. The van der Waals surface area contributed by atoms with Gasteiger partial charge in [-0.3, -0.25) is 0 Å². The third-order valence-electron chi connectivity index (χ3n) is 3.30. The summed E-state index contributed by atoms with van der Waals surface area (Å²) in [5.41, 5.74) is 3.78. The summed E-state index contributed by atoms with van der Waals surface area (Å²) in [6.45, 7) is 7.51. The number of benzene rings is 1. The molecule has 0 unspecified atom stereocenters. The topological polar surface area (TPSA) is 25.2 Å². The average Bonchev–Trinajstić information content (AvgIpc) is 2.67. The number of aryl methyl sites for hydroxylation is 1. The largest absolute Gasteiger partial charge is 0.459 e. The predicted molar refractivity (Wildman–Crippen MR) is 76.9 cm³/mol. The molecule has 0 bridgehead atoms. The molecule has 2 rings (SSSR count). The van der Waals surface area contributed by atoms with E-state index in [2.05, 4.69) is 44.3 Å². The highest BCUT2D eigenvalue weighted by Gasteiger charge is 2.14. The Bertz CT molecular complexity index is 525. The van der Waals surface area contributed by atoms with Gasteiger partial charge in [-0.15, -0.1) is 0 Å². The van der Waals surface area contributed by atoms with Crippen molar-refractivity contribution in [2.75, 3.05) is 7.05 Å². The number of furan rings is 1. The Balaban J connectivity index is 2.54. The maximum Gasteiger partial charge on any atom is 0.134 e. The predicted octanol–water partition coefficient (Wildman–Crippen LogP) is 3.91. The van der Waals surface area contributed by atoms with Gasteiger partial charge < -0.3 is 9.73 Å². The summed E-state index contributed by atoms with van der Waals surface area (Å²) in [4.78, 5) is 0. The van der Waals surface area contributed by atoms with Crippen LogP contribution in [0.5, 0.6) is 0 Å². The third kappa shape index (κ3) is 2.59. The minimum Gasteiger partial charge on any atom is -0.459 e. The molecule has 0 saturated carbocycles. The first-order chi connectivity index (χ1) is 8.65. The minimum absolute atomic E-state index is 0.645. The molecule has 0 amide bonds. The summed E-state index contributed by atoms with van der Waals surface area (Å²) < 4.78 is 5.98. The van der Waals surface area contributed by atoms with Crippen molar-refractivity contribution in [1.82, 2.24) is 5.32 Å². The van der Waals surface area contributed by atoms with Crippen molar-refractivity contribution in [2.24, 2.45) is 5.92 Å². The average molecular weight is 245 g/mol. The first-order valence-corrected chi connectivity index (χ1v) is 6.83. The van der Waals surface area contributed by atoms with Crippen molar-refractivity contribution in [2.45, 2.75) is 40.2 Å². The molecule has 2 aromatic rings. The summed E-state index contributed by atoms with van der Waals surface area (Å²) in [7, 11) is 1.96. The molecular weight excluding hydrogens is 222 g/mol. The van der Waals surface area contributed by atoms with Crippen LogP contribution < -0.4 is 5.32 Å². The van der Waals surface area contributed by atoms with Crippen LogP contribution in [0.15, 0.2) is 22.6 Å². The van der Waals surface area contributed by atoms with Gasteiger partial charge in [0.05, 0.1) is 6.54 Å². The van der Waals surface area contributed by atoms with Gasteiger partial charge in [0.2, 0.25) is 0 Å². The highest BCUT2D eigenvalue weighted by Crippen LogP contribution is 2.29. The molecule has 98 valence electrons. The van der Waals surface area contributed by atoms with Crippen LogP contribution in [-0.4, -0.2) is 7.05 Å². The van der Waals surface area contributed by atoms with Crippen LogP contribution in [0.25, 0.3) is 11.0 Å². The van der Waals surface area contributed by atoms with Gasteiger partial charge >= 0.3 is 0 Å². The van der Waals surface area contributed by atoms with Crippen LogP contribution in [0.2, 0.25) is 0 Å². The normalized spacial score (nSPS) is 11.6. The van der Waals surface area contributed by atoms with E-state index in [4.69, 9.17) is 4.42 Å². The second-order valence-electron chi connectivity index (χ2n) is 5.32. The van der Waals surface area contributed by atoms with Crippen molar-refractivity contribution in [1.29, 1.82) is 0 Å². The van der Waals surface area contributed by atoms with Gasteiger partial charge in [-0.2, -0.15) is 0 Å². The Morgan fingerprint density at radius 1 is 1.28 bits per heavy atom. The molecule has 0 aliphatic rings. The van der Waals surface area contributed by atoms with Crippen LogP contribution in [0.4, 0.5) is 0 Å². The summed E-state index contributed by atoms with van der Waals surface area (Å²) >= 11 is 0. The monoisotopic (exact) mass is 245 g/mol. The van der Waals surface area contributed by atoms with Crippen LogP contribution in [0.1, 0.15) is 37.7 Å². The zero-order valence-corrected chi connectivity index (χ0v) is 11.8. The molecule has 0 aliphatic heterocycles. The van der Waals surface area contributed by atoms with E-state index in [1.165, 1.54) is 16.5 Å². The third-order valence-corrected chi connectivity index (χ3v) is 3.30. The maximum atomic E-state index is 5.98. The van der Waals surface area contributed by atoms with Gasteiger partial charge in [-0.05, 0) is 43.5 Å². The Hall–Kier alpha value is -1.28. The lowest BCUT2D eigenvalue weighted by atomic mass is 9.98. The molecule has 1 aromatic carbocycles. The number of hydrogen-bond acceptors (Lipinski definition) is 2. The summed E-state index contributed by atoms with van der Waals surface area (Å²) in [5, 5.41) is 4.49. The van der Waals surface area contributed by atoms with Crippen LogP contribution in [0.3, 0.4) is 0 Å². The first kappa shape index (κ1) is 13.2. The van der Waals surface area contributed by atoms with E-state index in [-0.39, 0.29) is 0 Å². The summed E-state index contributed by atoms with van der Waals surface area (Å²) in [5.74, 6) is 1.74. The second kappa shape index (κ2) is 5.57. The molecular formula is C16H23NO. The molecule has 0 fully saturated rings. The van der Waals surface area contributed by atoms with E-state index in [0.29, 0.717) is 5.92 Å². The molecule has 0 spiro atoms. The highest BCUT2D eigenvalue weighted by atomic mass is 16.3. The smallest absolute Gasteiger partial charge is 0.134 e. The molecule has 1 heterocycles. The fraction of sp³-hybridized carbons (Fsp3) is 0.500. The fourth-order valence-electron chi connectivity index (χ4n) is 2.40. The van der Waals surface area contributed by atoms with Crippen LogP contribution >= 0.6 is 0 Å². The van der Waals surface area contributed by atoms with Gasteiger partial charge in [-0.25, -0.2) is 0 Å². The Kier molecular flexibility index (Phi) is 4.07. The standard InChI is InChI=1S/C16H23NO/c1-5-12-6-7-15-14(9-12)13(8-11(2)3)16(18-15)10-17-4/h6-7,9,11,17H,5,8,10H2,1-4H3. The molecule has 0 aliphatic carbocycles. The van der Waals surface area contributed by atoms with Crippen molar-refractivity contribution < 1.29 is 4.42 Å². The van der Waals surface area contributed by atoms with E-state index in [1.807, 2.05) is 7.05 Å². The van der Waals surface area contributed by atoms with Crippen molar-refractivity contribution in [3.8, 4) is 0 Å². The number of fused-ring (bicyclic) bond motifs is 1. The number of nitrogens with one attached hydrogen (secondary N) is 1.